The van der Waals surface area contributed by atoms with Gasteiger partial charge in [0.2, 0.25) is 0 Å². The minimum absolute atomic E-state index is 0.00726. The van der Waals surface area contributed by atoms with Crippen LogP contribution >= 0.6 is 0 Å². The first-order chi connectivity index (χ1) is 22.3. The lowest BCUT2D eigenvalue weighted by Gasteiger charge is -2.37. The largest absolute Gasteiger partial charge is 0.374 e. The standard InChI is InChI=1S/C37H64N8O2/c1-26-30(20-44(6)18-16-38)32(42-40-26)29-10-14-37(15-11-29)23-35(5,25-47-37)39-17-19-45(7)21-31-27(2)41-43-33(31)28-8-12-36(13-9-28)22-34(3,4)24-46-36/h28-29,39H,8-25,38H2,1-7H3,(H,40,42)(H,41,43)/t28-,29-,35?,36+,37-. The fraction of sp³-hybridized carbons (Fsp3) is 0.838. The predicted molar refractivity (Wildman–Crippen MR) is 188 cm³/mol. The van der Waals surface area contributed by atoms with Crippen LogP contribution < -0.4 is 11.1 Å². The van der Waals surface area contributed by atoms with Crippen LogP contribution in [0.1, 0.15) is 131 Å². The van der Waals surface area contributed by atoms with E-state index in [9.17, 15) is 0 Å². The van der Waals surface area contributed by atoms with Crippen LogP contribution in [0.3, 0.4) is 0 Å². The number of aromatic nitrogens is 4. The third-order valence-electron chi connectivity index (χ3n) is 12.2. The number of aryl methyl sites for hydroxylation is 2. The third kappa shape index (κ3) is 7.83. The molecule has 1 atom stereocenters. The zero-order valence-electron chi connectivity index (χ0n) is 30.6. The second-order valence-electron chi connectivity index (χ2n) is 17.2. The van der Waals surface area contributed by atoms with E-state index in [0.29, 0.717) is 23.8 Å². The molecule has 264 valence electrons. The zero-order valence-corrected chi connectivity index (χ0v) is 30.6. The van der Waals surface area contributed by atoms with Gasteiger partial charge in [0.05, 0.1) is 35.8 Å². The Morgan fingerprint density at radius 3 is 1.74 bits per heavy atom. The van der Waals surface area contributed by atoms with Gasteiger partial charge in [-0.15, -0.1) is 0 Å². The number of aromatic amines is 2. The minimum atomic E-state index is -0.00726. The number of H-pyrrole nitrogens is 2. The van der Waals surface area contributed by atoms with Gasteiger partial charge in [-0.05, 0) is 104 Å². The summed E-state index contributed by atoms with van der Waals surface area (Å²) in [6, 6.07) is 0. The first kappa shape index (κ1) is 35.0. The van der Waals surface area contributed by atoms with Crippen molar-refractivity contribution in [1.29, 1.82) is 0 Å². The molecule has 4 aliphatic rings. The van der Waals surface area contributed by atoms with E-state index in [1.807, 2.05) is 0 Å². The van der Waals surface area contributed by atoms with Crippen LogP contribution in [0.2, 0.25) is 0 Å². The lowest BCUT2D eigenvalue weighted by Crippen LogP contribution is -2.47. The van der Waals surface area contributed by atoms with Crippen molar-refractivity contribution < 1.29 is 9.47 Å². The summed E-state index contributed by atoms with van der Waals surface area (Å²) >= 11 is 0. The Balaban J connectivity index is 0.963. The molecule has 10 nitrogen and oxygen atoms in total. The van der Waals surface area contributed by atoms with Gasteiger partial charge >= 0.3 is 0 Å². The molecule has 10 heteroatoms. The van der Waals surface area contributed by atoms with E-state index in [4.69, 9.17) is 25.4 Å². The van der Waals surface area contributed by atoms with Crippen molar-refractivity contribution in [3.8, 4) is 0 Å². The molecule has 2 spiro atoms. The Morgan fingerprint density at radius 1 is 0.766 bits per heavy atom. The number of nitrogens with one attached hydrogen (secondary N) is 3. The normalized spacial score (nSPS) is 32.5. The van der Waals surface area contributed by atoms with E-state index in [2.05, 4.69) is 74.0 Å². The molecule has 0 bridgehead atoms. The van der Waals surface area contributed by atoms with E-state index < -0.39 is 0 Å². The summed E-state index contributed by atoms with van der Waals surface area (Å²) in [5, 5.41) is 20.2. The van der Waals surface area contributed by atoms with Crippen LogP contribution in [-0.4, -0.2) is 100 Å². The highest BCUT2D eigenvalue weighted by Crippen LogP contribution is 2.50. The molecule has 0 radical (unpaired) electrons. The van der Waals surface area contributed by atoms with Crippen LogP contribution in [0.25, 0.3) is 0 Å². The molecule has 2 aliphatic carbocycles. The maximum atomic E-state index is 6.65. The number of hydrogen-bond donors (Lipinski definition) is 4. The molecule has 4 fully saturated rings. The summed E-state index contributed by atoms with van der Waals surface area (Å²) in [6.07, 6.45) is 11.4. The van der Waals surface area contributed by atoms with Crippen molar-refractivity contribution in [3.63, 3.8) is 0 Å². The maximum Gasteiger partial charge on any atom is 0.0702 e. The van der Waals surface area contributed by atoms with Crippen molar-refractivity contribution in [1.82, 2.24) is 35.5 Å². The van der Waals surface area contributed by atoms with Gasteiger partial charge in [0, 0.05) is 79.2 Å². The predicted octanol–water partition coefficient (Wildman–Crippen LogP) is 5.28. The van der Waals surface area contributed by atoms with Gasteiger partial charge in [-0.3, -0.25) is 10.2 Å². The number of nitrogens with two attached hydrogens (primary N) is 1. The third-order valence-corrected chi connectivity index (χ3v) is 12.2. The fourth-order valence-corrected chi connectivity index (χ4v) is 9.52. The van der Waals surface area contributed by atoms with E-state index in [1.54, 1.807) is 0 Å². The Kier molecular flexibility index (Phi) is 10.3. The van der Waals surface area contributed by atoms with Crippen LogP contribution in [0, 0.1) is 19.3 Å². The van der Waals surface area contributed by atoms with E-state index in [1.165, 1.54) is 53.2 Å². The quantitative estimate of drug-likeness (QED) is 0.245. The Hall–Kier alpha value is -1.82. The SMILES string of the molecule is Cc1[nH]nc([C@H]2CC[C@@]3(CC2)CC(C)(C)CO3)c1CN(C)CCNC1(C)CO[C@]2(CC[C@H](c3n[nH]c(C)c3CN(C)CCN)CC2)C1. The lowest BCUT2D eigenvalue weighted by atomic mass is 9.72. The molecule has 0 amide bonds. The second kappa shape index (κ2) is 13.8. The molecule has 2 aromatic heterocycles. The number of nitrogens with zero attached hydrogens (tertiary/aromatic N) is 4. The van der Waals surface area contributed by atoms with Gasteiger partial charge in [0.15, 0.2) is 0 Å². The first-order valence-corrected chi connectivity index (χ1v) is 18.5. The molecule has 2 saturated heterocycles. The van der Waals surface area contributed by atoms with Crippen LogP contribution in [0.5, 0.6) is 0 Å². The monoisotopic (exact) mass is 653 g/mol. The average Bonchev–Trinajstić information content (AvgIpc) is 3.75. The molecule has 47 heavy (non-hydrogen) atoms. The molecule has 2 aromatic rings. The van der Waals surface area contributed by atoms with Gasteiger partial charge < -0.3 is 30.3 Å². The summed E-state index contributed by atoms with van der Waals surface area (Å²) in [5.74, 6) is 1.03. The van der Waals surface area contributed by atoms with Gasteiger partial charge in [0.1, 0.15) is 0 Å². The lowest BCUT2D eigenvalue weighted by molar-refractivity contribution is -0.0297. The van der Waals surface area contributed by atoms with Crippen LogP contribution in [-0.2, 0) is 22.6 Å². The molecular weight excluding hydrogens is 588 g/mol. The molecule has 6 rings (SSSR count). The number of likely N-dealkylation sites (N-methyl/N-ethyl adjacent to an activating group) is 2. The van der Waals surface area contributed by atoms with Gasteiger partial charge in [-0.2, -0.15) is 10.2 Å². The zero-order chi connectivity index (χ0) is 33.5. The van der Waals surface area contributed by atoms with Crippen molar-refractivity contribution in [2.24, 2.45) is 11.1 Å². The fourth-order valence-electron chi connectivity index (χ4n) is 9.52. The number of rotatable bonds is 12. The summed E-state index contributed by atoms with van der Waals surface area (Å²) in [5.41, 5.74) is 13.9. The molecule has 1 unspecified atom stereocenters. The highest BCUT2D eigenvalue weighted by molar-refractivity contribution is 5.29. The molecule has 4 heterocycles. The average molecular weight is 653 g/mol. The Morgan fingerprint density at radius 2 is 1.26 bits per heavy atom. The molecule has 2 aliphatic heterocycles. The molecule has 2 saturated carbocycles. The van der Waals surface area contributed by atoms with Crippen molar-refractivity contribution in [2.75, 3.05) is 53.5 Å². The minimum Gasteiger partial charge on any atom is -0.374 e. The van der Waals surface area contributed by atoms with E-state index >= 15 is 0 Å². The van der Waals surface area contributed by atoms with Crippen molar-refractivity contribution >= 4 is 0 Å². The van der Waals surface area contributed by atoms with Crippen LogP contribution in [0.15, 0.2) is 0 Å². The van der Waals surface area contributed by atoms with Crippen molar-refractivity contribution in [2.45, 2.75) is 140 Å². The molecule has 0 aromatic carbocycles. The molecule has 5 N–H and O–H groups in total. The van der Waals surface area contributed by atoms with Gasteiger partial charge in [0.25, 0.3) is 0 Å². The highest BCUT2D eigenvalue weighted by atomic mass is 16.5. The highest BCUT2D eigenvalue weighted by Gasteiger charge is 2.49. The number of hydrogen-bond acceptors (Lipinski definition) is 8. The second-order valence-corrected chi connectivity index (χ2v) is 17.2. The smallest absolute Gasteiger partial charge is 0.0702 e. The Bertz CT molecular complexity index is 1340. The maximum absolute atomic E-state index is 6.65. The first-order valence-electron chi connectivity index (χ1n) is 18.5. The van der Waals surface area contributed by atoms with Gasteiger partial charge in [-0.25, -0.2) is 0 Å². The summed E-state index contributed by atoms with van der Waals surface area (Å²) in [4.78, 5) is 4.75. The van der Waals surface area contributed by atoms with Crippen LogP contribution in [0.4, 0.5) is 0 Å². The molecular formula is C37H64N8O2. The summed E-state index contributed by atoms with van der Waals surface area (Å²) in [7, 11) is 4.39. The summed E-state index contributed by atoms with van der Waals surface area (Å²) in [6.45, 7) is 18.4. The van der Waals surface area contributed by atoms with Crippen molar-refractivity contribution in [3.05, 3.63) is 33.9 Å². The van der Waals surface area contributed by atoms with Gasteiger partial charge in [-0.1, -0.05) is 13.8 Å². The van der Waals surface area contributed by atoms with E-state index in [0.717, 1.165) is 90.9 Å². The summed E-state index contributed by atoms with van der Waals surface area (Å²) < 4.78 is 13.1. The van der Waals surface area contributed by atoms with E-state index in [-0.39, 0.29) is 16.7 Å². The topological polar surface area (TPSA) is 120 Å². The Labute approximate surface area is 283 Å². The number of ether oxygens (including phenoxy) is 2.